The van der Waals surface area contributed by atoms with Crippen molar-refractivity contribution in [1.29, 1.82) is 0 Å². The Morgan fingerprint density at radius 2 is 2.07 bits per heavy atom. The van der Waals surface area contributed by atoms with Crippen LogP contribution in [0, 0.1) is 0 Å². The lowest BCUT2D eigenvalue weighted by Gasteiger charge is -2.34. The van der Waals surface area contributed by atoms with Crippen LogP contribution in [-0.4, -0.2) is 10.5 Å². The maximum atomic E-state index is 4.48. The van der Waals surface area contributed by atoms with Crippen molar-refractivity contribution in [3.63, 3.8) is 0 Å². The first-order valence-corrected chi connectivity index (χ1v) is 6.32. The van der Waals surface area contributed by atoms with Crippen molar-refractivity contribution in [1.82, 2.24) is 0 Å². The highest BCUT2D eigenvalue weighted by Crippen LogP contribution is 2.42. The normalized spacial score (nSPS) is 27.1. The van der Waals surface area contributed by atoms with E-state index in [1.54, 1.807) is 6.08 Å². The highest BCUT2D eigenvalue weighted by Gasteiger charge is 2.33. The molecule has 0 saturated heterocycles. The van der Waals surface area contributed by atoms with Crippen molar-refractivity contribution in [3.8, 4) is 0 Å². The molecule has 0 fully saturated rings. The Morgan fingerprint density at radius 1 is 1.40 bits per heavy atom. The molecule has 0 heterocycles. The first-order valence-electron chi connectivity index (χ1n) is 4.84. The van der Waals surface area contributed by atoms with Crippen LogP contribution in [0.2, 0.25) is 0 Å². The fraction of sp³-hybridized carbons (Fsp3) is 0.333. The van der Waals surface area contributed by atoms with E-state index in [9.17, 15) is 0 Å². The van der Waals surface area contributed by atoms with Gasteiger partial charge in [-0.15, -0.1) is 12.6 Å². The third kappa shape index (κ3) is 2.99. The van der Waals surface area contributed by atoms with E-state index in [2.05, 4.69) is 56.6 Å². The molecule has 0 bridgehead atoms. The lowest BCUT2D eigenvalue weighted by atomic mass is 9.90. The van der Waals surface area contributed by atoms with Crippen molar-refractivity contribution < 1.29 is 0 Å². The Bertz CT molecular complexity index is 337. The van der Waals surface area contributed by atoms with E-state index in [1.807, 2.05) is 13.0 Å². The van der Waals surface area contributed by atoms with Gasteiger partial charge in [-0.1, -0.05) is 30.9 Å². The summed E-state index contributed by atoms with van der Waals surface area (Å²) in [4.78, 5) is 1.07. The van der Waals surface area contributed by atoms with Crippen molar-refractivity contribution in [2.75, 3.05) is 0 Å². The van der Waals surface area contributed by atoms with E-state index in [4.69, 9.17) is 0 Å². The highest BCUT2D eigenvalue weighted by molar-refractivity contribution is 7.90. The molecule has 0 amide bonds. The van der Waals surface area contributed by atoms with E-state index in [0.717, 1.165) is 11.3 Å². The molecular weight excluding hydrogens is 240 g/mol. The molecule has 1 rings (SSSR count). The average Bonchev–Trinajstić information content (AvgIpc) is 2.28. The zero-order valence-electron chi connectivity index (χ0n) is 8.72. The molecule has 2 atom stereocenters. The lowest BCUT2D eigenvalue weighted by Crippen LogP contribution is -2.30. The summed E-state index contributed by atoms with van der Waals surface area (Å²) in [6, 6.07) is 0. The van der Waals surface area contributed by atoms with E-state index in [0.29, 0.717) is 0 Å². The molecule has 82 valence electrons. The van der Waals surface area contributed by atoms with Crippen LogP contribution in [0.3, 0.4) is 0 Å². The van der Waals surface area contributed by atoms with Crippen molar-refractivity contribution >= 4 is 37.9 Å². The maximum absolute atomic E-state index is 4.48. The first-order chi connectivity index (χ1) is 7.11. The predicted molar refractivity (Wildman–Crippen MR) is 79.3 cm³/mol. The molecule has 3 heteroatoms. The minimum Gasteiger partial charge on any atom is -0.170 e. The minimum atomic E-state index is 0.202. The van der Waals surface area contributed by atoms with Crippen LogP contribution < -0.4 is 0 Å². The number of hydrogen-bond donors (Lipinski definition) is 3. The molecule has 0 saturated carbocycles. The Kier molecular flexibility index (Phi) is 5.16. The second-order valence-corrected chi connectivity index (χ2v) is 5.03. The Balaban J connectivity index is 2.70. The van der Waals surface area contributed by atoms with E-state index < -0.39 is 0 Å². The number of rotatable bonds is 4. The summed E-state index contributed by atoms with van der Waals surface area (Å²) >= 11 is 13.3. The summed E-state index contributed by atoms with van der Waals surface area (Å²) in [5.74, 6) is 0. The summed E-state index contributed by atoms with van der Waals surface area (Å²) in [6.07, 6.45) is 8.79. The molecule has 0 aliphatic heterocycles. The van der Waals surface area contributed by atoms with Gasteiger partial charge in [-0.3, -0.25) is 0 Å². The summed E-state index contributed by atoms with van der Waals surface area (Å²) in [6.45, 7) is 5.69. The van der Waals surface area contributed by atoms with Gasteiger partial charge in [0.05, 0.1) is 0 Å². The third-order valence-electron chi connectivity index (χ3n) is 2.48. The van der Waals surface area contributed by atoms with Crippen LogP contribution in [0.25, 0.3) is 0 Å². The van der Waals surface area contributed by atoms with Crippen LogP contribution in [0.15, 0.2) is 46.9 Å². The molecule has 0 unspecified atom stereocenters. The van der Waals surface area contributed by atoms with Gasteiger partial charge in [0.2, 0.25) is 0 Å². The van der Waals surface area contributed by atoms with Crippen LogP contribution >= 0.6 is 37.9 Å². The van der Waals surface area contributed by atoms with Gasteiger partial charge in [0, 0.05) is 10.5 Å². The van der Waals surface area contributed by atoms with Crippen LogP contribution in [-0.2, 0) is 0 Å². The standard InChI is InChI=1S/C12H16S3/c1-3-5-6-8(4-2)7-9-10(13)12(15)11(9)14/h3-6,10,12-15H,1,7H2,2H3/b6-5-,8-4+/t10-,12-/m0/s1. The van der Waals surface area contributed by atoms with E-state index in [1.165, 1.54) is 11.1 Å². The summed E-state index contributed by atoms with van der Waals surface area (Å²) in [7, 11) is 0. The largest absolute Gasteiger partial charge is 0.170 e. The zero-order chi connectivity index (χ0) is 11.4. The fourth-order valence-electron chi connectivity index (χ4n) is 1.45. The second-order valence-electron chi connectivity index (χ2n) is 3.44. The molecule has 0 radical (unpaired) electrons. The molecule has 0 aromatic heterocycles. The highest BCUT2D eigenvalue weighted by atomic mass is 32.1. The lowest BCUT2D eigenvalue weighted by molar-refractivity contribution is 0.860. The van der Waals surface area contributed by atoms with Crippen molar-refractivity contribution in [2.24, 2.45) is 0 Å². The summed E-state index contributed by atoms with van der Waals surface area (Å²) < 4.78 is 0. The molecule has 1 aliphatic rings. The van der Waals surface area contributed by atoms with E-state index >= 15 is 0 Å². The van der Waals surface area contributed by atoms with Gasteiger partial charge in [-0.25, -0.2) is 0 Å². The van der Waals surface area contributed by atoms with Gasteiger partial charge >= 0.3 is 0 Å². The Hall–Kier alpha value is 0.01000. The van der Waals surface area contributed by atoms with Crippen LogP contribution in [0.4, 0.5) is 0 Å². The fourth-order valence-corrected chi connectivity index (χ4v) is 2.76. The van der Waals surface area contributed by atoms with Crippen molar-refractivity contribution in [3.05, 3.63) is 46.9 Å². The van der Waals surface area contributed by atoms with Crippen molar-refractivity contribution in [2.45, 2.75) is 23.8 Å². The maximum Gasteiger partial charge on any atom is 0.0478 e. The van der Waals surface area contributed by atoms with Gasteiger partial charge in [0.15, 0.2) is 0 Å². The molecule has 0 N–H and O–H groups in total. The second kappa shape index (κ2) is 5.92. The average molecular weight is 256 g/mol. The Labute approximate surface area is 108 Å². The zero-order valence-corrected chi connectivity index (χ0v) is 11.4. The molecule has 15 heavy (non-hydrogen) atoms. The predicted octanol–water partition coefficient (Wildman–Crippen LogP) is 3.86. The number of allylic oxidation sites excluding steroid dienone is 5. The number of thiol groups is 3. The monoisotopic (exact) mass is 256 g/mol. The third-order valence-corrected chi connectivity index (χ3v) is 4.65. The quantitative estimate of drug-likeness (QED) is 0.494. The minimum absolute atomic E-state index is 0.202. The molecule has 1 aliphatic carbocycles. The SMILES string of the molecule is C=C/C=C\C(=C/C)CC1=C(S)[C@@H](S)[C@H]1S. The van der Waals surface area contributed by atoms with Gasteiger partial charge < -0.3 is 0 Å². The summed E-state index contributed by atoms with van der Waals surface area (Å²) in [5, 5.41) is 0.445. The topological polar surface area (TPSA) is 0 Å². The van der Waals surface area contributed by atoms with Gasteiger partial charge in [0.1, 0.15) is 0 Å². The molecule has 0 spiro atoms. The molecule has 0 nitrogen and oxygen atoms in total. The van der Waals surface area contributed by atoms with Crippen LogP contribution in [0.5, 0.6) is 0 Å². The van der Waals surface area contributed by atoms with E-state index in [-0.39, 0.29) is 10.5 Å². The molecular formula is C12H16S3. The van der Waals surface area contributed by atoms with Crippen LogP contribution in [0.1, 0.15) is 13.3 Å². The Morgan fingerprint density at radius 3 is 2.53 bits per heavy atom. The first kappa shape index (κ1) is 13.1. The number of hydrogen-bond acceptors (Lipinski definition) is 3. The van der Waals surface area contributed by atoms with Gasteiger partial charge in [-0.2, -0.15) is 25.3 Å². The summed E-state index contributed by atoms with van der Waals surface area (Å²) in [5.41, 5.74) is 2.54. The smallest absolute Gasteiger partial charge is 0.0478 e. The van der Waals surface area contributed by atoms with Gasteiger partial charge in [0.25, 0.3) is 0 Å². The molecule has 0 aromatic rings. The molecule has 0 aromatic carbocycles. The van der Waals surface area contributed by atoms with Gasteiger partial charge in [-0.05, 0) is 29.4 Å².